The smallest absolute Gasteiger partial charge is 0.308 e. The number of benzene rings is 2. The molecule has 0 saturated carbocycles. The summed E-state index contributed by atoms with van der Waals surface area (Å²) < 4.78 is 0. The Kier molecular flexibility index (Phi) is 6.09. The number of hydrogen-bond donors (Lipinski definition) is 2. The number of para-hydroxylation sites is 1. The minimum Gasteiger partial charge on any atom is -0.481 e. The van der Waals surface area contributed by atoms with E-state index in [1.165, 1.54) is 5.01 Å². The number of thiazole rings is 1. The third-order valence-electron chi connectivity index (χ3n) is 4.85. The molecule has 2 aromatic carbocycles. The van der Waals surface area contributed by atoms with Crippen LogP contribution in [0.25, 0.3) is 11.3 Å². The molecule has 3 aromatic rings. The van der Waals surface area contributed by atoms with Crippen molar-refractivity contribution in [3.8, 4) is 11.3 Å². The van der Waals surface area contributed by atoms with Gasteiger partial charge in [-0.1, -0.05) is 48.0 Å². The molecule has 0 saturated heterocycles. The Morgan fingerprint density at radius 3 is 2.50 bits per heavy atom. The van der Waals surface area contributed by atoms with Crippen molar-refractivity contribution < 1.29 is 19.5 Å². The third-order valence-corrected chi connectivity index (χ3v) is 5.82. The van der Waals surface area contributed by atoms with Crippen LogP contribution in [0.3, 0.4) is 0 Å². The standard InChI is InChI=1S/C23H20N4O4S/c1-14-7-9-15(10-8-14)21-18(13-20(29)30)32-23(24-21)25-22(31)17-11-12-19(28)27(26-17)16-5-3-2-4-6-16/h2-10H,11-13H2,1H3,(H,29,30)(H,24,25,31). The molecule has 2 N–H and O–H groups in total. The van der Waals surface area contributed by atoms with Crippen LogP contribution in [0.1, 0.15) is 23.3 Å². The first-order valence-electron chi connectivity index (χ1n) is 9.96. The van der Waals surface area contributed by atoms with Crippen LogP contribution in [0.5, 0.6) is 0 Å². The van der Waals surface area contributed by atoms with Gasteiger partial charge in [0.1, 0.15) is 5.71 Å². The number of carboxylic acids is 1. The molecule has 2 amide bonds. The summed E-state index contributed by atoms with van der Waals surface area (Å²) in [6.45, 7) is 1.96. The van der Waals surface area contributed by atoms with Gasteiger partial charge >= 0.3 is 5.97 Å². The summed E-state index contributed by atoms with van der Waals surface area (Å²) in [4.78, 5) is 41.5. The van der Waals surface area contributed by atoms with E-state index in [-0.39, 0.29) is 36.0 Å². The van der Waals surface area contributed by atoms with Gasteiger partial charge in [0.05, 0.1) is 17.8 Å². The first-order chi connectivity index (χ1) is 15.4. The number of nitrogens with zero attached hydrogens (tertiary/aromatic N) is 3. The van der Waals surface area contributed by atoms with Gasteiger partial charge in [0.15, 0.2) is 5.13 Å². The molecule has 0 spiro atoms. The van der Waals surface area contributed by atoms with Gasteiger partial charge in [-0.15, -0.1) is 11.3 Å². The first kappa shape index (κ1) is 21.4. The highest BCUT2D eigenvalue weighted by molar-refractivity contribution is 7.16. The monoisotopic (exact) mass is 448 g/mol. The molecule has 0 aliphatic carbocycles. The summed E-state index contributed by atoms with van der Waals surface area (Å²) >= 11 is 1.12. The molecule has 1 aliphatic heterocycles. The van der Waals surface area contributed by atoms with Gasteiger partial charge in [0, 0.05) is 23.3 Å². The number of rotatable bonds is 6. The highest BCUT2D eigenvalue weighted by atomic mass is 32.1. The zero-order valence-corrected chi connectivity index (χ0v) is 18.1. The van der Waals surface area contributed by atoms with E-state index in [0.29, 0.717) is 16.3 Å². The lowest BCUT2D eigenvalue weighted by Crippen LogP contribution is -2.36. The Balaban J connectivity index is 1.59. The summed E-state index contributed by atoms with van der Waals surface area (Å²) in [6.07, 6.45) is 0.179. The maximum Gasteiger partial charge on any atom is 0.308 e. The normalized spacial score (nSPS) is 13.6. The van der Waals surface area contributed by atoms with Crippen LogP contribution in [0.2, 0.25) is 0 Å². The molecular formula is C23H20N4O4S. The van der Waals surface area contributed by atoms with Crippen molar-refractivity contribution in [2.24, 2.45) is 5.10 Å². The van der Waals surface area contributed by atoms with E-state index in [2.05, 4.69) is 15.4 Å². The van der Waals surface area contributed by atoms with Crippen LogP contribution in [0.15, 0.2) is 59.7 Å². The molecule has 1 aliphatic rings. The average molecular weight is 449 g/mol. The SMILES string of the molecule is Cc1ccc(-c2nc(NC(=O)C3=NN(c4ccccc4)C(=O)CC3)sc2CC(=O)O)cc1. The van der Waals surface area contributed by atoms with Gasteiger partial charge in [0.25, 0.3) is 5.91 Å². The molecule has 9 heteroatoms. The number of carbonyl (C=O) groups excluding carboxylic acids is 2. The molecule has 2 heterocycles. The predicted molar refractivity (Wildman–Crippen MR) is 123 cm³/mol. The van der Waals surface area contributed by atoms with E-state index in [9.17, 15) is 19.5 Å². The second-order valence-electron chi connectivity index (χ2n) is 7.27. The van der Waals surface area contributed by atoms with Gasteiger partial charge in [-0.2, -0.15) is 5.10 Å². The molecule has 162 valence electrons. The summed E-state index contributed by atoms with van der Waals surface area (Å²) in [7, 11) is 0. The fraction of sp³-hybridized carbons (Fsp3) is 0.174. The molecule has 4 rings (SSSR count). The van der Waals surface area contributed by atoms with E-state index in [1.54, 1.807) is 24.3 Å². The lowest BCUT2D eigenvalue weighted by Gasteiger charge is -2.22. The lowest BCUT2D eigenvalue weighted by molar-refractivity contribution is -0.136. The second kappa shape index (κ2) is 9.11. The number of anilines is 2. The second-order valence-corrected chi connectivity index (χ2v) is 8.35. The molecular weight excluding hydrogens is 428 g/mol. The number of aliphatic carboxylic acids is 1. The number of amides is 2. The van der Waals surface area contributed by atoms with Crippen molar-refractivity contribution in [2.75, 3.05) is 10.3 Å². The van der Waals surface area contributed by atoms with Crippen LogP contribution < -0.4 is 10.3 Å². The van der Waals surface area contributed by atoms with Gasteiger partial charge in [-0.25, -0.2) is 9.99 Å². The Bertz CT molecular complexity index is 1200. The summed E-state index contributed by atoms with van der Waals surface area (Å²) in [5.41, 5.74) is 3.17. The van der Waals surface area contributed by atoms with Crippen molar-refractivity contribution >= 4 is 45.7 Å². The van der Waals surface area contributed by atoms with Crippen LogP contribution >= 0.6 is 11.3 Å². The summed E-state index contributed by atoms with van der Waals surface area (Å²) in [5, 5.41) is 17.8. The number of carbonyl (C=O) groups is 3. The average Bonchev–Trinajstić information content (AvgIpc) is 3.16. The first-order valence-corrected chi connectivity index (χ1v) is 10.8. The zero-order valence-electron chi connectivity index (χ0n) is 17.2. The Morgan fingerprint density at radius 1 is 1.09 bits per heavy atom. The zero-order chi connectivity index (χ0) is 22.7. The quantitative estimate of drug-likeness (QED) is 0.595. The van der Waals surface area contributed by atoms with Crippen molar-refractivity contribution in [1.82, 2.24) is 4.98 Å². The predicted octanol–water partition coefficient (Wildman–Crippen LogP) is 3.87. The Labute approximate surface area is 188 Å². The fourth-order valence-corrected chi connectivity index (χ4v) is 4.23. The highest BCUT2D eigenvalue weighted by Gasteiger charge is 2.26. The number of hydrazone groups is 1. The van der Waals surface area contributed by atoms with Gasteiger partial charge in [-0.05, 0) is 19.1 Å². The summed E-state index contributed by atoms with van der Waals surface area (Å²) in [5.74, 6) is -1.63. The van der Waals surface area contributed by atoms with Crippen LogP contribution in [-0.2, 0) is 20.8 Å². The van der Waals surface area contributed by atoms with Crippen LogP contribution in [0.4, 0.5) is 10.8 Å². The minimum atomic E-state index is -0.978. The molecule has 0 unspecified atom stereocenters. The van der Waals surface area contributed by atoms with Crippen molar-refractivity contribution in [3.05, 3.63) is 65.0 Å². The molecule has 0 fully saturated rings. The summed E-state index contributed by atoms with van der Waals surface area (Å²) in [6, 6.07) is 16.5. The van der Waals surface area contributed by atoms with Gasteiger partial charge in [0.2, 0.25) is 5.91 Å². The number of hydrogen-bond acceptors (Lipinski definition) is 6. The van der Waals surface area contributed by atoms with E-state index in [1.807, 2.05) is 37.3 Å². The van der Waals surface area contributed by atoms with Crippen molar-refractivity contribution in [2.45, 2.75) is 26.2 Å². The number of nitrogens with one attached hydrogen (secondary N) is 1. The van der Waals surface area contributed by atoms with E-state index < -0.39 is 11.9 Å². The van der Waals surface area contributed by atoms with Crippen LogP contribution in [0, 0.1) is 6.92 Å². The Hall–Kier alpha value is -3.85. The van der Waals surface area contributed by atoms with E-state index >= 15 is 0 Å². The number of aromatic nitrogens is 1. The molecule has 8 nitrogen and oxygen atoms in total. The van der Waals surface area contributed by atoms with Crippen molar-refractivity contribution in [1.29, 1.82) is 0 Å². The molecule has 0 bridgehead atoms. The van der Waals surface area contributed by atoms with Gasteiger partial charge < -0.3 is 5.11 Å². The molecule has 32 heavy (non-hydrogen) atoms. The number of aryl methyl sites for hydroxylation is 1. The fourth-order valence-electron chi connectivity index (χ4n) is 3.26. The maximum atomic E-state index is 12.8. The number of carboxylic acid groups (broad SMARTS) is 1. The Morgan fingerprint density at radius 2 is 1.81 bits per heavy atom. The minimum absolute atomic E-state index is 0.165. The third kappa shape index (κ3) is 4.73. The molecule has 1 aromatic heterocycles. The van der Waals surface area contributed by atoms with Crippen LogP contribution in [-0.4, -0.2) is 33.6 Å². The maximum absolute atomic E-state index is 12.8. The van der Waals surface area contributed by atoms with Gasteiger partial charge in [-0.3, -0.25) is 19.7 Å². The van der Waals surface area contributed by atoms with E-state index in [0.717, 1.165) is 22.5 Å². The van der Waals surface area contributed by atoms with E-state index in [4.69, 9.17) is 0 Å². The molecule has 0 atom stereocenters. The molecule has 0 radical (unpaired) electrons. The van der Waals surface area contributed by atoms with Crippen molar-refractivity contribution in [3.63, 3.8) is 0 Å². The lowest BCUT2D eigenvalue weighted by atomic mass is 10.1. The largest absolute Gasteiger partial charge is 0.481 e. The highest BCUT2D eigenvalue weighted by Crippen LogP contribution is 2.32. The topological polar surface area (TPSA) is 112 Å².